The Labute approximate surface area is 240 Å². The fourth-order valence-corrected chi connectivity index (χ4v) is 6.56. The molecule has 0 aliphatic carbocycles. The summed E-state index contributed by atoms with van der Waals surface area (Å²) in [5.41, 5.74) is 4.62. The van der Waals surface area contributed by atoms with E-state index >= 15 is 0 Å². The SMILES string of the molecule is CN(C)c1ccc(C=Nn2c(-c3ccc(Br)cc3)csc2=Nc2ccc(S(=O)(=O)N3CCOCC3)cc2)cc1. The van der Waals surface area contributed by atoms with E-state index in [2.05, 4.69) is 20.8 Å². The van der Waals surface area contributed by atoms with E-state index in [0.717, 1.165) is 27.0 Å². The van der Waals surface area contributed by atoms with Gasteiger partial charge >= 0.3 is 0 Å². The van der Waals surface area contributed by atoms with Gasteiger partial charge in [-0.1, -0.05) is 40.2 Å². The van der Waals surface area contributed by atoms with E-state index in [1.54, 1.807) is 24.3 Å². The summed E-state index contributed by atoms with van der Waals surface area (Å²) in [7, 11) is 0.450. The molecule has 5 rings (SSSR count). The molecule has 1 aliphatic rings. The van der Waals surface area contributed by atoms with Crippen LogP contribution in [-0.2, 0) is 14.8 Å². The lowest BCUT2D eigenvalue weighted by molar-refractivity contribution is 0.0730. The van der Waals surface area contributed by atoms with E-state index in [0.29, 0.717) is 36.8 Å². The fraction of sp³-hybridized carbons (Fsp3) is 0.214. The summed E-state index contributed by atoms with van der Waals surface area (Å²) in [6, 6.07) is 22.8. The summed E-state index contributed by atoms with van der Waals surface area (Å²) < 4.78 is 35.5. The van der Waals surface area contributed by atoms with Crippen LogP contribution in [0.25, 0.3) is 11.3 Å². The van der Waals surface area contributed by atoms with Gasteiger partial charge in [0, 0.05) is 48.3 Å². The highest BCUT2D eigenvalue weighted by molar-refractivity contribution is 9.10. The molecule has 1 aliphatic heterocycles. The number of nitrogens with zero attached hydrogens (tertiary/aromatic N) is 5. The molecule has 11 heteroatoms. The Bertz CT molecular complexity index is 1620. The monoisotopic (exact) mass is 625 g/mol. The number of anilines is 1. The highest BCUT2D eigenvalue weighted by Crippen LogP contribution is 2.24. The van der Waals surface area contributed by atoms with Crippen LogP contribution in [0.4, 0.5) is 11.4 Å². The molecule has 1 aromatic heterocycles. The number of ether oxygens (including phenoxy) is 1. The van der Waals surface area contributed by atoms with Crippen molar-refractivity contribution >= 4 is 54.9 Å². The third kappa shape index (κ3) is 6.39. The lowest BCUT2D eigenvalue weighted by atomic mass is 10.2. The van der Waals surface area contributed by atoms with Gasteiger partial charge in [0.15, 0.2) is 0 Å². The summed E-state index contributed by atoms with van der Waals surface area (Å²) in [4.78, 5) is 7.78. The van der Waals surface area contributed by atoms with Crippen LogP contribution in [0.5, 0.6) is 0 Å². The first kappa shape index (κ1) is 27.5. The van der Waals surface area contributed by atoms with Crippen molar-refractivity contribution in [1.29, 1.82) is 0 Å². The zero-order valence-electron chi connectivity index (χ0n) is 21.6. The van der Waals surface area contributed by atoms with Gasteiger partial charge in [-0.05, 0) is 54.1 Å². The van der Waals surface area contributed by atoms with Crippen LogP contribution >= 0.6 is 27.3 Å². The third-order valence-electron chi connectivity index (χ3n) is 6.23. The lowest BCUT2D eigenvalue weighted by Gasteiger charge is -2.26. The maximum absolute atomic E-state index is 13.0. The van der Waals surface area contributed by atoms with E-state index in [1.807, 2.05) is 78.9 Å². The second kappa shape index (κ2) is 12.0. The van der Waals surface area contributed by atoms with Gasteiger partial charge in [0.25, 0.3) is 0 Å². The van der Waals surface area contributed by atoms with E-state index in [1.165, 1.54) is 15.6 Å². The summed E-state index contributed by atoms with van der Waals surface area (Å²) in [6.45, 7) is 1.54. The molecule has 4 aromatic rings. The minimum Gasteiger partial charge on any atom is -0.379 e. The minimum absolute atomic E-state index is 0.247. The number of thiazole rings is 1. The number of hydrogen-bond donors (Lipinski definition) is 0. The third-order valence-corrected chi connectivity index (χ3v) is 9.48. The molecule has 202 valence electrons. The number of halogens is 1. The Morgan fingerprint density at radius 3 is 2.26 bits per heavy atom. The van der Waals surface area contributed by atoms with Crippen molar-refractivity contribution < 1.29 is 13.2 Å². The van der Waals surface area contributed by atoms with Crippen LogP contribution < -0.4 is 9.70 Å². The van der Waals surface area contributed by atoms with Gasteiger partial charge in [0.05, 0.1) is 35.7 Å². The van der Waals surface area contributed by atoms with E-state index in [4.69, 9.17) is 14.8 Å². The molecule has 8 nitrogen and oxygen atoms in total. The Balaban J connectivity index is 1.50. The van der Waals surface area contributed by atoms with Gasteiger partial charge in [0.1, 0.15) is 0 Å². The lowest BCUT2D eigenvalue weighted by Crippen LogP contribution is -2.40. The van der Waals surface area contributed by atoms with Crippen molar-refractivity contribution in [2.45, 2.75) is 4.90 Å². The van der Waals surface area contributed by atoms with Crippen molar-refractivity contribution in [3.05, 3.63) is 93.0 Å². The number of sulfonamides is 1. The van der Waals surface area contributed by atoms with E-state index in [-0.39, 0.29) is 4.90 Å². The van der Waals surface area contributed by atoms with Gasteiger partial charge < -0.3 is 9.64 Å². The Kier molecular flexibility index (Phi) is 8.43. The molecule has 0 spiro atoms. The normalized spacial score (nSPS) is 15.2. The quantitative estimate of drug-likeness (QED) is 0.265. The maximum atomic E-state index is 13.0. The molecule has 1 fully saturated rings. The molecule has 0 N–H and O–H groups in total. The smallest absolute Gasteiger partial charge is 0.243 e. The van der Waals surface area contributed by atoms with Crippen molar-refractivity contribution in [3.8, 4) is 11.3 Å². The van der Waals surface area contributed by atoms with Crippen LogP contribution in [0, 0.1) is 0 Å². The van der Waals surface area contributed by atoms with Crippen molar-refractivity contribution in [2.24, 2.45) is 10.1 Å². The Morgan fingerprint density at radius 1 is 0.949 bits per heavy atom. The molecule has 1 saturated heterocycles. The summed E-state index contributed by atoms with van der Waals surface area (Å²) in [5, 5.41) is 6.81. The number of rotatable bonds is 7. The Hall–Kier alpha value is -3.09. The number of hydrogen-bond acceptors (Lipinski definition) is 7. The number of benzene rings is 3. The molecule has 0 radical (unpaired) electrons. The maximum Gasteiger partial charge on any atom is 0.243 e. The summed E-state index contributed by atoms with van der Waals surface area (Å²) in [6.07, 6.45) is 1.81. The number of aromatic nitrogens is 1. The van der Waals surface area contributed by atoms with Crippen molar-refractivity contribution in [3.63, 3.8) is 0 Å². The predicted molar refractivity (Wildman–Crippen MR) is 160 cm³/mol. The largest absolute Gasteiger partial charge is 0.379 e. The zero-order chi connectivity index (χ0) is 27.4. The molecule has 0 saturated carbocycles. The molecule has 0 amide bonds. The van der Waals surface area contributed by atoms with E-state index in [9.17, 15) is 8.42 Å². The average molecular weight is 627 g/mol. The predicted octanol–water partition coefficient (Wildman–Crippen LogP) is 5.18. The van der Waals surface area contributed by atoms with Gasteiger partial charge in [0.2, 0.25) is 14.8 Å². The molecule has 3 aromatic carbocycles. The summed E-state index contributed by atoms with van der Waals surface area (Å²) >= 11 is 4.97. The minimum atomic E-state index is -3.56. The molecule has 2 heterocycles. The standard InChI is InChI=1S/C28H28BrN5O3S2/c1-32(2)25-11-3-21(4-12-25)19-30-34-27(22-5-7-23(29)8-6-22)20-38-28(34)31-24-9-13-26(14-10-24)39(35,36)33-15-17-37-18-16-33/h3-14,19-20H,15-18H2,1-2H3. The van der Waals surface area contributed by atoms with Crippen molar-refractivity contribution in [2.75, 3.05) is 45.3 Å². The molecule has 0 unspecified atom stereocenters. The zero-order valence-corrected chi connectivity index (χ0v) is 24.8. The first-order chi connectivity index (χ1) is 18.8. The highest BCUT2D eigenvalue weighted by atomic mass is 79.9. The first-order valence-electron chi connectivity index (χ1n) is 12.3. The summed E-state index contributed by atoms with van der Waals surface area (Å²) in [5.74, 6) is 0. The van der Waals surface area contributed by atoms with E-state index < -0.39 is 10.0 Å². The topological polar surface area (TPSA) is 79.5 Å². The highest BCUT2D eigenvalue weighted by Gasteiger charge is 2.26. The fourth-order valence-electron chi connectivity index (χ4n) is 4.03. The molecule has 0 bridgehead atoms. The molecule has 0 atom stereocenters. The van der Waals surface area contributed by atoms with Gasteiger partial charge in [-0.2, -0.15) is 9.41 Å². The van der Waals surface area contributed by atoms with Crippen LogP contribution in [0.15, 0.2) is 97.6 Å². The molecular weight excluding hydrogens is 598 g/mol. The second-order valence-corrected chi connectivity index (χ2v) is 12.8. The molecule has 39 heavy (non-hydrogen) atoms. The average Bonchev–Trinajstić information content (AvgIpc) is 3.35. The number of morpholine rings is 1. The second-order valence-electron chi connectivity index (χ2n) is 9.07. The Morgan fingerprint density at radius 2 is 1.62 bits per heavy atom. The van der Waals surface area contributed by atoms with Gasteiger partial charge in [-0.15, -0.1) is 11.3 Å². The first-order valence-corrected chi connectivity index (χ1v) is 15.4. The van der Waals surface area contributed by atoms with Crippen LogP contribution in [0.2, 0.25) is 0 Å². The van der Waals surface area contributed by atoms with Crippen LogP contribution in [0.1, 0.15) is 5.56 Å². The van der Waals surface area contributed by atoms with Crippen molar-refractivity contribution in [1.82, 2.24) is 8.98 Å². The van der Waals surface area contributed by atoms with Crippen LogP contribution in [0.3, 0.4) is 0 Å². The molecular formula is C28H28BrN5O3S2. The van der Waals surface area contributed by atoms with Crippen LogP contribution in [-0.4, -0.2) is 64.0 Å². The van der Waals surface area contributed by atoms with Gasteiger partial charge in [-0.3, -0.25) is 0 Å². The van der Waals surface area contributed by atoms with Gasteiger partial charge in [-0.25, -0.2) is 18.1 Å².